The third-order valence-electron chi connectivity index (χ3n) is 3.26. The maximum absolute atomic E-state index is 12.5. The number of anilines is 1. The molecule has 0 radical (unpaired) electrons. The minimum Gasteiger partial charge on any atom is -0.484 e. The normalized spacial score (nSPS) is 10.9. The Morgan fingerprint density at radius 3 is 2.48 bits per heavy atom. The summed E-state index contributed by atoms with van der Waals surface area (Å²) >= 11 is 0.901. The standard InChI is InChI=1S/C16H19N3O6S2/c1-4-24-15(21)14-10(2)18-16(26-14)19-27(22,23)12-7-5-11(6-8-12)25-9-13(20)17-3/h5-8H,4,9H2,1-3H3,(H,17,20)(H,18,19). The first-order chi connectivity index (χ1) is 12.8. The Bertz CT molecular complexity index is 922. The summed E-state index contributed by atoms with van der Waals surface area (Å²) in [5, 5.41) is 2.48. The summed E-state index contributed by atoms with van der Waals surface area (Å²) < 4.78 is 37.4. The summed E-state index contributed by atoms with van der Waals surface area (Å²) in [5.41, 5.74) is 0.383. The molecule has 2 rings (SSSR count). The van der Waals surface area contributed by atoms with Gasteiger partial charge in [-0.25, -0.2) is 18.2 Å². The molecule has 0 saturated heterocycles. The monoisotopic (exact) mass is 413 g/mol. The molecule has 146 valence electrons. The number of nitrogens with one attached hydrogen (secondary N) is 2. The number of carbonyl (C=O) groups excluding carboxylic acids is 2. The summed E-state index contributed by atoms with van der Waals surface area (Å²) in [4.78, 5) is 27.3. The second-order valence-electron chi connectivity index (χ2n) is 5.19. The lowest BCUT2D eigenvalue weighted by molar-refractivity contribution is -0.122. The fourth-order valence-corrected chi connectivity index (χ4v) is 4.03. The van der Waals surface area contributed by atoms with Gasteiger partial charge >= 0.3 is 5.97 Å². The third kappa shape index (κ3) is 5.41. The molecule has 0 unspecified atom stereocenters. The van der Waals surface area contributed by atoms with Gasteiger partial charge in [0, 0.05) is 7.05 Å². The largest absolute Gasteiger partial charge is 0.484 e. The predicted octanol–water partition coefficient (Wildman–Crippen LogP) is 1.55. The first-order valence-electron chi connectivity index (χ1n) is 7.87. The van der Waals surface area contributed by atoms with Crippen molar-refractivity contribution in [1.29, 1.82) is 0 Å². The molecule has 1 amide bonds. The maximum atomic E-state index is 12.5. The Kier molecular flexibility index (Phi) is 6.75. The molecule has 0 fully saturated rings. The van der Waals surface area contributed by atoms with Gasteiger partial charge in [-0.15, -0.1) is 0 Å². The Hall–Kier alpha value is -2.66. The summed E-state index contributed by atoms with van der Waals surface area (Å²) in [6.45, 7) is 3.32. The molecule has 0 saturated carbocycles. The lowest BCUT2D eigenvalue weighted by Gasteiger charge is -2.07. The van der Waals surface area contributed by atoms with Crippen molar-refractivity contribution in [3.63, 3.8) is 0 Å². The molecule has 0 aliphatic heterocycles. The molecule has 0 spiro atoms. The number of rotatable bonds is 8. The van der Waals surface area contributed by atoms with Crippen LogP contribution in [0.15, 0.2) is 29.2 Å². The van der Waals surface area contributed by atoms with E-state index in [1.807, 2.05) is 0 Å². The SMILES string of the molecule is CCOC(=O)c1sc(NS(=O)(=O)c2ccc(OCC(=O)NC)cc2)nc1C. The number of hydrogen-bond donors (Lipinski definition) is 2. The van der Waals surface area contributed by atoms with E-state index in [-0.39, 0.29) is 34.0 Å². The van der Waals surface area contributed by atoms with E-state index >= 15 is 0 Å². The molecule has 0 aliphatic carbocycles. The van der Waals surface area contributed by atoms with Crippen LogP contribution in [-0.2, 0) is 19.6 Å². The molecule has 1 heterocycles. The van der Waals surface area contributed by atoms with E-state index in [1.165, 1.54) is 31.3 Å². The molecule has 2 aromatic rings. The number of amides is 1. The first kappa shape index (κ1) is 20.6. The van der Waals surface area contributed by atoms with Gasteiger partial charge in [0.2, 0.25) is 0 Å². The maximum Gasteiger partial charge on any atom is 0.350 e. The van der Waals surface area contributed by atoms with Gasteiger partial charge in [-0.05, 0) is 38.1 Å². The molecule has 1 aromatic carbocycles. The van der Waals surface area contributed by atoms with Crippen molar-refractivity contribution >= 4 is 38.4 Å². The zero-order valence-corrected chi connectivity index (χ0v) is 16.6. The van der Waals surface area contributed by atoms with E-state index in [4.69, 9.17) is 9.47 Å². The number of aromatic nitrogens is 1. The van der Waals surface area contributed by atoms with Crippen molar-refractivity contribution in [3.05, 3.63) is 34.8 Å². The van der Waals surface area contributed by atoms with Crippen LogP contribution in [0.5, 0.6) is 5.75 Å². The van der Waals surface area contributed by atoms with Crippen LogP contribution in [0, 0.1) is 6.92 Å². The Morgan fingerprint density at radius 1 is 1.22 bits per heavy atom. The average Bonchev–Trinajstić information content (AvgIpc) is 2.99. The number of esters is 1. The smallest absolute Gasteiger partial charge is 0.350 e. The van der Waals surface area contributed by atoms with Crippen LogP contribution in [-0.4, -0.2) is 45.5 Å². The van der Waals surface area contributed by atoms with Crippen molar-refractivity contribution in [2.75, 3.05) is 25.0 Å². The molecule has 11 heteroatoms. The van der Waals surface area contributed by atoms with E-state index in [9.17, 15) is 18.0 Å². The number of sulfonamides is 1. The van der Waals surface area contributed by atoms with Crippen LogP contribution in [0.3, 0.4) is 0 Å². The van der Waals surface area contributed by atoms with E-state index in [2.05, 4.69) is 15.0 Å². The summed E-state index contributed by atoms with van der Waals surface area (Å²) in [5.74, 6) is -0.493. The van der Waals surface area contributed by atoms with Crippen molar-refractivity contribution in [1.82, 2.24) is 10.3 Å². The molecule has 1 aromatic heterocycles. The van der Waals surface area contributed by atoms with Crippen LogP contribution >= 0.6 is 11.3 Å². The summed E-state index contributed by atoms with van der Waals surface area (Å²) in [6, 6.07) is 5.56. The van der Waals surface area contributed by atoms with E-state index in [1.54, 1.807) is 13.8 Å². The van der Waals surface area contributed by atoms with Gasteiger partial charge in [0.25, 0.3) is 15.9 Å². The summed E-state index contributed by atoms with van der Waals surface area (Å²) in [6.07, 6.45) is 0. The predicted molar refractivity (Wildman–Crippen MR) is 99.6 cm³/mol. The van der Waals surface area contributed by atoms with E-state index in [0.29, 0.717) is 11.4 Å². The molecular formula is C16H19N3O6S2. The Labute approximate surface area is 160 Å². The topological polar surface area (TPSA) is 124 Å². The fraction of sp³-hybridized carbons (Fsp3) is 0.312. The molecule has 2 N–H and O–H groups in total. The second-order valence-corrected chi connectivity index (χ2v) is 7.87. The minimum atomic E-state index is -3.90. The van der Waals surface area contributed by atoms with Gasteiger partial charge in [0.15, 0.2) is 11.7 Å². The highest BCUT2D eigenvalue weighted by atomic mass is 32.2. The van der Waals surface area contributed by atoms with Crippen molar-refractivity contribution in [3.8, 4) is 5.75 Å². The highest BCUT2D eigenvalue weighted by Gasteiger charge is 2.21. The van der Waals surface area contributed by atoms with Crippen LogP contribution in [0.25, 0.3) is 0 Å². The van der Waals surface area contributed by atoms with Gasteiger partial charge in [0.1, 0.15) is 10.6 Å². The molecule has 27 heavy (non-hydrogen) atoms. The van der Waals surface area contributed by atoms with Gasteiger partial charge in [-0.3, -0.25) is 9.52 Å². The van der Waals surface area contributed by atoms with Crippen molar-refractivity contribution in [2.24, 2.45) is 0 Å². The van der Waals surface area contributed by atoms with Gasteiger partial charge in [-0.1, -0.05) is 11.3 Å². The van der Waals surface area contributed by atoms with Crippen LogP contribution in [0.1, 0.15) is 22.3 Å². The van der Waals surface area contributed by atoms with E-state index in [0.717, 1.165) is 11.3 Å². The fourth-order valence-electron chi connectivity index (χ4n) is 1.94. The van der Waals surface area contributed by atoms with Crippen LogP contribution < -0.4 is 14.8 Å². The molecule has 0 atom stereocenters. The second kappa shape index (κ2) is 8.82. The number of likely N-dealkylation sites (N-methyl/N-ethyl adjacent to an activating group) is 1. The van der Waals surface area contributed by atoms with Gasteiger partial charge in [-0.2, -0.15) is 0 Å². The minimum absolute atomic E-state index is 0.0136. The number of benzene rings is 1. The number of hydrogen-bond acceptors (Lipinski definition) is 8. The number of nitrogens with zero attached hydrogens (tertiary/aromatic N) is 1. The Balaban J connectivity index is 2.11. The van der Waals surface area contributed by atoms with Crippen LogP contribution in [0.2, 0.25) is 0 Å². The summed E-state index contributed by atoms with van der Waals surface area (Å²) in [7, 11) is -2.41. The highest BCUT2D eigenvalue weighted by Crippen LogP contribution is 2.26. The quantitative estimate of drug-likeness (QED) is 0.629. The lowest BCUT2D eigenvalue weighted by Crippen LogP contribution is -2.24. The van der Waals surface area contributed by atoms with E-state index < -0.39 is 16.0 Å². The molecule has 9 nitrogen and oxygen atoms in total. The third-order valence-corrected chi connectivity index (χ3v) is 5.80. The molecule has 0 aliphatic rings. The number of thiazole rings is 1. The Morgan fingerprint density at radius 2 is 1.89 bits per heavy atom. The molecule has 0 bridgehead atoms. The average molecular weight is 413 g/mol. The van der Waals surface area contributed by atoms with Crippen molar-refractivity contribution < 1.29 is 27.5 Å². The molecular weight excluding hydrogens is 394 g/mol. The zero-order chi connectivity index (χ0) is 20.0. The van der Waals surface area contributed by atoms with Gasteiger partial charge < -0.3 is 14.8 Å². The lowest BCUT2D eigenvalue weighted by atomic mass is 10.3. The first-order valence-corrected chi connectivity index (χ1v) is 10.2. The van der Waals surface area contributed by atoms with Crippen molar-refractivity contribution in [2.45, 2.75) is 18.7 Å². The zero-order valence-electron chi connectivity index (χ0n) is 14.9. The van der Waals surface area contributed by atoms with Gasteiger partial charge in [0.05, 0.1) is 17.2 Å². The highest BCUT2D eigenvalue weighted by molar-refractivity contribution is 7.93. The number of ether oxygens (including phenoxy) is 2. The van der Waals surface area contributed by atoms with Crippen LogP contribution in [0.4, 0.5) is 5.13 Å². The number of carbonyl (C=O) groups is 2. The number of aryl methyl sites for hydroxylation is 1.